The smallest absolute Gasteiger partial charge is 0.410 e. The van der Waals surface area contributed by atoms with E-state index >= 15 is 0 Å². The third kappa shape index (κ3) is 9.57. The number of phenols is 2. The number of amides is 2. The molecule has 6 heterocycles. The summed E-state index contributed by atoms with van der Waals surface area (Å²) < 4.78 is 25.1. The number of aliphatic hydroxyl groups excluding tert-OH is 2. The molecule has 2 aromatic rings. The maximum absolute atomic E-state index is 15.0. The fraction of sp³-hybridized carbons (Fsp3) is 0.648. The van der Waals surface area contributed by atoms with Gasteiger partial charge in [-0.1, -0.05) is 79.0 Å². The summed E-state index contributed by atoms with van der Waals surface area (Å²) in [5, 5.41) is 51.2. The maximum atomic E-state index is 15.0. The highest BCUT2D eigenvalue weighted by Gasteiger charge is 2.50. The number of aliphatic hydroxyl groups is 2. The van der Waals surface area contributed by atoms with Crippen molar-refractivity contribution >= 4 is 34.2 Å². The first-order valence-corrected chi connectivity index (χ1v) is 25.5. The van der Waals surface area contributed by atoms with E-state index in [1.165, 1.54) is 33.1 Å². The number of carbonyl (C=O) groups excluding carboxylic acids is 3. The van der Waals surface area contributed by atoms with Crippen molar-refractivity contribution in [3.05, 3.63) is 58.0 Å². The minimum absolute atomic E-state index is 0.0451. The summed E-state index contributed by atoms with van der Waals surface area (Å²) in [6.07, 6.45) is 10.2. The Bertz CT molecular complexity index is 2590. The number of allylic oxidation sites excluding steroid dienone is 2. The van der Waals surface area contributed by atoms with E-state index in [1.807, 2.05) is 13.8 Å². The molecule has 2 aromatic carbocycles. The van der Waals surface area contributed by atoms with Crippen molar-refractivity contribution in [2.45, 2.75) is 143 Å². The van der Waals surface area contributed by atoms with Gasteiger partial charge >= 0.3 is 11.9 Å². The van der Waals surface area contributed by atoms with E-state index < -0.39 is 83.1 Å². The fourth-order valence-corrected chi connectivity index (χ4v) is 12.0. The molecule has 6 aliphatic heterocycles. The molecule has 0 aromatic heterocycles. The molecule has 16 nitrogen and oxygen atoms in total. The summed E-state index contributed by atoms with van der Waals surface area (Å²) in [5.74, 6) is -4.90. The number of phenolic OH excluding ortho intramolecular Hbond substituents is 2. The lowest BCUT2D eigenvalue weighted by Crippen LogP contribution is -2.50. The number of carbonyl (C=O) groups is 3. The average Bonchev–Trinajstić information content (AvgIpc) is 3.84. The molecule has 2 saturated heterocycles. The van der Waals surface area contributed by atoms with Crippen molar-refractivity contribution in [1.29, 1.82) is 0 Å². The number of aromatic hydroxyl groups is 2. The zero-order valence-electron chi connectivity index (χ0n) is 42.7. The zero-order chi connectivity index (χ0) is 50.6. The Hall–Kier alpha value is -5.03. The van der Waals surface area contributed by atoms with Gasteiger partial charge < -0.3 is 54.5 Å². The largest absolute Gasteiger partial charge is 0.507 e. The highest BCUT2D eigenvalue weighted by Crippen LogP contribution is 2.50. The first kappa shape index (κ1) is 51.3. The second kappa shape index (κ2) is 20.2. The molecule has 2 amide bonds. The van der Waals surface area contributed by atoms with E-state index in [1.54, 1.807) is 56.9 Å². The van der Waals surface area contributed by atoms with Crippen molar-refractivity contribution in [3.63, 3.8) is 0 Å². The van der Waals surface area contributed by atoms with Crippen LogP contribution in [-0.4, -0.2) is 124 Å². The van der Waals surface area contributed by atoms with Crippen LogP contribution in [0.2, 0.25) is 0 Å². The SMILES string of the molecule is CO[C@H]1/C=C/O[C@@]2(C)Oc3c(C)c(O)c4c(O)c(c5c(c4c3C2=O)=NC2(CCN(CC(C)C)CC2)N=5)NC(=O)/C(C)=C\C=C\[C@H](C)[C@H](O)[C@@H](C)[C@@H](O)[C@@H](C)[C@H](OC(=O)N2CCC3CCCCC3C2)[C@@H]1C. The van der Waals surface area contributed by atoms with Gasteiger partial charge in [0.25, 0.3) is 11.7 Å². The van der Waals surface area contributed by atoms with Crippen LogP contribution >= 0.6 is 0 Å². The molecule has 1 spiro atoms. The topological polar surface area (TPSA) is 212 Å². The summed E-state index contributed by atoms with van der Waals surface area (Å²) in [4.78, 5) is 57.7. The second-order valence-electron chi connectivity index (χ2n) is 21.8. The minimum atomic E-state index is -1.97. The molecule has 11 atom stereocenters. The van der Waals surface area contributed by atoms with Crippen LogP contribution in [0.15, 0.2) is 46.1 Å². The summed E-state index contributed by atoms with van der Waals surface area (Å²) >= 11 is 0. The Labute approximate surface area is 411 Å². The number of piperidine rings is 2. The summed E-state index contributed by atoms with van der Waals surface area (Å²) in [5.41, 5.74) is -0.549. The van der Waals surface area contributed by atoms with E-state index in [9.17, 15) is 34.8 Å². The molecular weight excluding hydrogens is 895 g/mol. The Kier molecular flexibility index (Phi) is 14.8. The number of nitrogens with one attached hydrogen (secondary N) is 1. The number of nitrogens with zero attached hydrogens (tertiary/aromatic N) is 4. The molecular formula is C54H75N5O11. The Balaban J connectivity index is 1.21. The van der Waals surface area contributed by atoms with Gasteiger partial charge in [-0.2, -0.15) is 0 Å². The highest BCUT2D eigenvalue weighted by atomic mass is 16.7. The van der Waals surface area contributed by atoms with Crippen LogP contribution in [0.25, 0.3) is 10.8 Å². The summed E-state index contributed by atoms with van der Waals surface area (Å²) in [7, 11) is 1.51. The summed E-state index contributed by atoms with van der Waals surface area (Å²) in [6, 6.07) is 0. The zero-order valence-corrected chi connectivity index (χ0v) is 42.7. The van der Waals surface area contributed by atoms with Gasteiger partial charge in [-0.3, -0.25) is 19.6 Å². The average molecular weight is 970 g/mol. The quantitative estimate of drug-likeness (QED) is 0.200. The number of ether oxygens (including phenoxy) is 4. The molecule has 3 fully saturated rings. The third-order valence-electron chi connectivity index (χ3n) is 16.4. The lowest BCUT2D eigenvalue weighted by atomic mass is 9.75. The Morgan fingerprint density at radius 1 is 0.900 bits per heavy atom. The van der Waals surface area contributed by atoms with E-state index in [2.05, 4.69) is 24.1 Å². The molecule has 382 valence electrons. The normalized spacial score (nSPS) is 34.4. The molecule has 7 aliphatic rings. The maximum Gasteiger partial charge on any atom is 0.410 e. The molecule has 70 heavy (non-hydrogen) atoms. The summed E-state index contributed by atoms with van der Waals surface area (Å²) in [6.45, 7) is 19.7. The van der Waals surface area contributed by atoms with Crippen molar-refractivity contribution in [1.82, 2.24) is 9.80 Å². The number of hydrogen-bond donors (Lipinski definition) is 5. The first-order chi connectivity index (χ1) is 33.2. The number of fused-ring (bicyclic) bond motifs is 14. The standard InChI is InChI=1S/C54H75N5O11/c1-28(2)26-58-23-20-54(21-24-58)56-41-38-39-46(62)34(8)49-40(38)50(64)53(9,70-49)68-25-19-37(67-10)31(5)48(69-52(66)59-22-18-35-16-11-12-17-36(35)27-59)33(7)45(61)32(6)44(60)29(3)14-13-15-30(4)51(65)55-43(47(39)63)42(41)57-54/h13-15,19,25,28-29,31-33,35-37,44-45,48,60-63H,11-12,16-18,20-24,26-27H2,1-10H3,(H,55,65)/b14-13+,25-19+,30-15-/t29-,31+,32+,33+,35?,36?,37-,44-,45+,48+,53-/m0/s1. The predicted octanol–water partition coefficient (Wildman–Crippen LogP) is 6.84. The number of anilines is 1. The predicted molar refractivity (Wildman–Crippen MR) is 264 cm³/mol. The van der Waals surface area contributed by atoms with Crippen molar-refractivity contribution in [3.8, 4) is 17.2 Å². The molecule has 5 N–H and O–H groups in total. The van der Waals surface area contributed by atoms with E-state index in [-0.39, 0.29) is 55.4 Å². The van der Waals surface area contributed by atoms with Crippen LogP contribution in [0.5, 0.6) is 17.2 Å². The second-order valence-corrected chi connectivity index (χ2v) is 21.8. The van der Waals surface area contributed by atoms with Crippen LogP contribution in [0.1, 0.15) is 116 Å². The number of rotatable bonds is 4. The van der Waals surface area contributed by atoms with Crippen molar-refractivity contribution < 1.29 is 53.8 Å². The third-order valence-corrected chi connectivity index (χ3v) is 16.4. The molecule has 9 rings (SSSR count). The fourth-order valence-electron chi connectivity index (χ4n) is 12.0. The molecule has 1 aliphatic carbocycles. The van der Waals surface area contributed by atoms with E-state index in [4.69, 9.17) is 28.9 Å². The molecule has 16 heteroatoms. The Morgan fingerprint density at radius 3 is 2.27 bits per heavy atom. The van der Waals surface area contributed by atoms with Gasteiger partial charge in [0.05, 0.1) is 40.9 Å². The highest BCUT2D eigenvalue weighted by molar-refractivity contribution is 6.19. The monoisotopic (exact) mass is 970 g/mol. The van der Waals surface area contributed by atoms with Gasteiger partial charge in [-0.25, -0.2) is 4.79 Å². The van der Waals surface area contributed by atoms with Crippen molar-refractivity contribution in [2.24, 2.45) is 51.4 Å². The van der Waals surface area contributed by atoms with Gasteiger partial charge in [0.2, 0.25) is 0 Å². The number of benzene rings is 2. The number of ketones is 1. The van der Waals surface area contributed by atoms with E-state index in [0.717, 1.165) is 25.8 Å². The van der Waals surface area contributed by atoms with Crippen LogP contribution in [0.4, 0.5) is 10.5 Å². The minimum Gasteiger partial charge on any atom is -0.507 e. The van der Waals surface area contributed by atoms with Crippen LogP contribution in [0.3, 0.4) is 0 Å². The molecule has 2 unspecified atom stereocenters. The first-order valence-electron chi connectivity index (χ1n) is 25.5. The Morgan fingerprint density at radius 2 is 1.59 bits per heavy atom. The van der Waals surface area contributed by atoms with Gasteiger partial charge in [0.15, 0.2) is 11.4 Å². The molecule has 5 bridgehead atoms. The number of hydrogen-bond acceptors (Lipinski definition) is 14. The van der Waals surface area contributed by atoms with Gasteiger partial charge in [0.1, 0.15) is 28.6 Å². The lowest BCUT2D eigenvalue weighted by molar-refractivity contribution is -0.112. The van der Waals surface area contributed by atoms with Gasteiger partial charge in [-0.15, -0.1) is 0 Å². The van der Waals surface area contributed by atoms with Crippen LogP contribution in [-0.2, 0) is 19.0 Å². The lowest BCUT2D eigenvalue weighted by Gasteiger charge is -2.42. The number of methoxy groups -OCH3 is 1. The van der Waals surface area contributed by atoms with Gasteiger partial charge in [-0.05, 0) is 50.5 Å². The molecule has 0 radical (unpaired) electrons. The van der Waals surface area contributed by atoms with Crippen LogP contribution < -0.4 is 20.8 Å². The van der Waals surface area contributed by atoms with E-state index in [0.29, 0.717) is 56.8 Å². The number of Topliss-reactive ketones (excluding diaryl/α,β-unsaturated/α-hetero) is 1. The number of likely N-dealkylation sites (tertiary alicyclic amines) is 2. The molecule has 1 saturated carbocycles. The van der Waals surface area contributed by atoms with Crippen molar-refractivity contribution in [2.75, 3.05) is 45.2 Å². The van der Waals surface area contributed by atoms with Crippen LogP contribution in [0, 0.1) is 48.3 Å². The van der Waals surface area contributed by atoms with Gasteiger partial charge in [0, 0.05) is 99.8 Å².